The Bertz CT molecular complexity index is 201. The van der Waals surface area contributed by atoms with E-state index in [9.17, 15) is 0 Å². The number of hydrogen-bond acceptors (Lipinski definition) is 1. The molecule has 0 aliphatic heterocycles. The second kappa shape index (κ2) is 2.31. The molecule has 0 saturated carbocycles. The van der Waals surface area contributed by atoms with E-state index in [0.717, 1.165) is 12.1 Å². The molecule has 1 rings (SSSR count). The smallest absolute Gasteiger partial charge is 0.0590 e. The monoisotopic (exact) mass is 157 g/mol. The molecule has 1 aliphatic carbocycles. The number of allylic oxidation sites excluding steroid dienone is 4. The molecule has 2 N–H and O–H groups in total. The molecule has 10 heavy (non-hydrogen) atoms. The van der Waals surface area contributed by atoms with Gasteiger partial charge in [0.1, 0.15) is 0 Å². The Balaban J connectivity index is 2.85. The minimum atomic E-state index is 0.183. The molecule has 0 amide bonds. The molecule has 0 heterocycles. The summed E-state index contributed by atoms with van der Waals surface area (Å²) in [5.74, 6) is 0. The summed E-state index contributed by atoms with van der Waals surface area (Å²) >= 11 is 5.76. The molecule has 0 aromatic heterocycles. The topological polar surface area (TPSA) is 26.0 Å². The standard InChI is InChI=1S/C8H12ClN/c1-8(2)4-3-6(9)7(10)5-8/h3-4H,5,10H2,1-2H3. The predicted octanol–water partition coefficient (Wildman–Crippen LogP) is 2.38. The average molecular weight is 158 g/mol. The summed E-state index contributed by atoms with van der Waals surface area (Å²) in [7, 11) is 0. The van der Waals surface area contributed by atoms with E-state index in [0.29, 0.717) is 5.03 Å². The number of halogens is 1. The third-order valence-corrected chi connectivity index (χ3v) is 2.00. The zero-order valence-electron chi connectivity index (χ0n) is 6.32. The van der Waals surface area contributed by atoms with Gasteiger partial charge in [-0.1, -0.05) is 31.5 Å². The molecule has 0 radical (unpaired) electrons. The van der Waals surface area contributed by atoms with Crippen molar-refractivity contribution in [3.8, 4) is 0 Å². The van der Waals surface area contributed by atoms with Crippen molar-refractivity contribution in [2.45, 2.75) is 20.3 Å². The third-order valence-electron chi connectivity index (χ3n) is 1.63. The van der Waals surface area contributed by atoms with Gasteiger partial charge < -0.3 is 5.73 Å². The fraction of sp³-hybridized carbons (Fsp3) is 0.500. The van der Waals surface area contributed by atoms with Crippen molar-refractivity contribution >= 4 is 11.6 Å². The zero-order chi connectivity index (χ0) is 7.78. The van der Waals surface area contributed by atoms with Crippen LogP contribution in [-0.2, 0) is 0 Å². The van der Waals surface area contributed by atoms with Gasteiger partial charge in [-0.3, -0.25) is 0 Å². The van der Waals surface area contributed by atoms with E-state index < -0.39 is 0 Å². The summed E-state index contributed by atoms with van der Waals surface area (Å²) in [4.78, 5) is 0. The molecule has 0 atom stereocenters. The molecule has 56 valence electrons. The van der Waals surface area contributed by atoms with E-state index >= 15 is 0 Å². The summed E-state index contributed by atoms with van der Waals surface area (Å²) in [6.45, 7) is 4.28. The first-order chi connectivity index (χ1) is 4.51. The minimum absolute atomic E-state index is 0.183. The Labute approximate surface area is 66.6 Å². The minimum Gasteiger partial charge on any atom is -0.401 e. The Kier molecular flexibility index (Phi) is 1.78. The number of nitrogens with two attached hydrogens (primary N) is 1. The maximum Gasteiger partial charge on any atom is 0.0590 e. The van der Waals surface area contributed by atoms with Gasteiger partial charge in [0.05, 0.1) is 5.03 Å². The largest absolute Gasteiger partial charge is 0.401 e. The molecule has 0 spiro atoms. The SMILES string of the molecule is CC1(C)C=CC(Cl)=C(N)C1. The van der Waals surface area contributed by atoms with Gasteiger partial charge in [-0.05, 0) is 17.9 Å². The Morgan fingerprint density at radius 2 is 2.20 bits per heavy atom. The Morgan fingerprint density at radius 1 is 1.60 bits per heavy atom. The van der Waals surface area contributed by atoms with Crippen LogP contribution in [-0.4, -0.2) is 0 Å². The Hall–Kier alpha value is -0.430. The van der Waals surface area contributed by atoms with E-state index in [1.54, 1.807) is 0 Å². The molecule has 1 nitrogen and oxygen atoms in total. The van der Waals surface area contributed by atoms with Crippen LogP contribution < -0.4 is 5.73 Å². The third kappa shape index (κ3) is 1.54. The van der Waals surface area contributed by atoms with Crippen LogP contribution in [0.2, 0.25) is 0 Å². The van der Waals surface area contributed by atoms with E-state index in [4.69, 9.17) is 17.3 Å². The van der Waals surface area contributed by atoms with Crippen LogP contribution in [0.15, 0.2) is 22.9 Å². The first-order valence-corrected chi connectivity index (χ1v) is 3.72. The molecule has 0 aromatic rings. The molecule has 0 unspecified atom stereocenters. The fourth-order valence-electron chi connectivity index (χ4n) is 1.04. The van der Waals surface area contributed by atoms with Gasteiger partial charge in [-0.25, -0.2) is 0 Å². The van der Waals surface area contributed by atoms with Crippen LogP contribution in [0.3, 0.4) is 0 Å². The van der Waals surface area contributed by atoms with Crippen molar-refractivity contribution in [3.05, 3.63) is 22.9 Å². The lowest BCUT2D eigenvalue weighted by Gasteiger charge is -2.24. The van der Waals surface area contributed by atoms with Crippen LogP contribution in [0.1, 0.15) is 20.3 Å². The van der Waals surface area contributed by atoms with Crippen molar-refractivity contribution in [1.29, 1.82) is 0 Å². The lowest BCUT2D eigenvalue weighted by Crippen LogP contribution is -2.16. The van der Waals surface area contributed by atoms with Crippen LogP contribution in [0.4, 0.5) is 0 Å². The zero-order valence-corrected chi connectivity index (χ0v) is 7.07. The Morgan fingerprint density at radius 3 is 2.60 bits per heavy atom. The number of hydrogen-bond donors (Lipinski definition) is 1. The van der Waals surface area contributed by atoms with Crippen molar-refractivity contribution in [2.75, 3.05) is 0 Å². The summed E-state index contributed by atoms with van der Waals surface area (Å²) < 4.78 is 0. The lowest BCUT2D eigenvalue weighted by molar-refractivity contribution is 0.467. The molecule has 0 saturated heterocycles. The first kappa shape index (κ1) is 7.67. The van der Waals surface area contributed by atoms with Crippen molar-refractivity contribution in [2.24, 2.45) is 11.1 Å². The predicted molar refractivity (Wildman–Crippen MR) is 44.6 cm³/mol. The molecular weight excluding hydrogens is 146 g/mol. The lowest BCUT2D eigenvalue weighted by atomic mass is 9.85. The molecule has 0 bridgehead atoms. The maximum atomic E-state index is 5.76. The molecular formula is C8H12ClN. The molecule has 0 fully saturated rings. The summed E-state index contributed by atoms with van der Waals surface area (Å²) in [6, 6.07) is 0. The van der Waals surface area contributed by atoms with Crippen LogP contribution in [0.25, 0.3) is 0 Å². The second-order valence-electron chi connectivity index (χ2n) is 3.37. The van der Waals surface area contributed by atoms with Gasteiger partial charge in [-0.2, -0.15) is 0 Å². The molecule has 0 aromatic carbocycles. The quantitative estimate of drug-likeness (QED) is 0.574. The normalized spacial score (nSPS) is 23.5. The van der Waals surface area contributed by atoms with Crippen molar-refractivity contribution in [3.63, 3.8) is 0 Å². The van der Waals surface area contributed by atoms with Crippen LogP contribution in [0, 0.1) is 5.41 Å². The van der Waals surface area contributed by atoms with Gasteiger partial charge in [0, 0.05) is 5.70 Å². The van der Waals surface area contributed by atoms with E-state index in [1.165, 1.54) is 0 Å². The van der Waals surface area contributed by atoms with Gasteiger partial charge in [0.25, 0.3) is 0 Å². The molecule has 2 heteroatoms. The summed E-state index contributed by atoms with van der Waals surface area (Å²) in [5, 5.41) is 0.694. The highest BCUT2D eigenvalue weighted by Crippen LogP contribution is 2.31. The highest BCUT2D eigenvalue weighted by atomic mass is 35.5. The van der Waals surface area contributed by atoms with Gasteiger partial charge >= 0.3 is 0 Å². The number of rotatable bonds is 0. The first-order valence-electron chi connectivity index (χ1n) is 3.35. The van der Waals surface area contributed by atoms with Crippen LogP contribution >= 0.6 is 11.6 Å². The van der Waals surface area contributed by atoms with E-state index in [-0.39, 0.29) is 5.41 Å². The summed E-state index contributed by atoms with van der Waals surface area (Å²) in [5.41, 5.74) is 6.63. The molecule has 1 aliphatic rings. The van der Waals surface area contributed by atoms with Gasteiger partial charge in [-0.15, -0.1) is 0 Å². The fourth-order valence-corrected chi connectivity index (χ4v) is 1.17. The van der Waals surface area contributed by atoms with Crippen LogP contribution in [0.5, 0.6) is 0 Å². The van der Waals surface area contributed by atoms with Gasteiger partial charge in [0.15, 0.2) is 0 Å². The van der Waals surface area contributed by atoms with E-state index in [1.807, 2.05) is 6.08 Å². The summed E-state index contributed by atoms with van der Waals surface area (Å²) in [6.07, 6.45) is 4.83. The van der Waals surface area contributed by atoms with Gasteiger partial charge in [0.2, 0.25) is 0 Å². The van der Waals surface area contributed by atoms with E-state index in [2.05, 4.69) is 19.9 Å². The highest BCUT2D eigenvalue weighted by molar-refractivity contribution is 6.31. The van der Waals surface area contributed by atoms with Crippen molar-refractivity contribution < 1.29 is 0 Å². The average Bonchev–Trinajstić information content (AvgIpc) is 1.79. The van der Waals surface area contributed by atoms with Crippen molar-refractivity contribution in [1.82, 2.24) is 0 Å². The highest BCUT2D eigenvalue weighted by Gasteiger charge is 2.19. The maximum absolute atomic E-state index is 5.76. The second-order valence-corrected chi connectivity index (χ2v) is 3.78.